The van der Waals surface area contributed by atoms with Gasteiger partial charge in [0.1, 0.15) is 11.5 Å². The summed E-state index contributed by atoms with van der Waals surface area (Å²) in [5.74, 6) is 1.26. The fraction of sp³-hybridized carbons (Fsp3) is 0.458. The second kappa shape index (κ2) is 9.39. The van der Waals surface area contributed by atoms with Crippen molar-refractivity contribution in [3.05, 3.63) is 47.0 Å². The van der Waals surface area contributed by atoms with E-state index in [1.807, 2.05) is 38.1 Å². The van der Waals surface area contributed by atoms with Crippen LogP contribution in [0.5, 0.6) is 11.5 Å². The summed E-state index contributed by atoms with van der Waals surface area (Å²) in [7, 11) is 0. The van der Waals surface area contributed by atoms with Crippen molar-refractivity contribution in [2.24, 2.45) is 0 Å². The Labute approximate surface area is 178 Å². The van der Waals surface area contributed by atoms with E-state index < -0.39 is 0 Å². The molecule has 1 heterocycles. The second-order valence-corrected chi connectivity index (χ2v) is 7.57. The van der Waals surface area contributed by atoms with E-state index in [4.69, 9.17) is 14.2 Å². The van der Waals surface area contributed by atoms with Crippen LogP contribution in [0.1, 0.15) is 41.8 Å². The molecule has 0 spiro atoms. The third-order valence-corrected chi connectivity index (χ3v) is 5.62. The maximum atomic E-state index is 13.0. The zero-order valence-corrected chi connectivity index (χ0v) is 17.8. The smallest absolute Gasteiger partial charge is 0.255 e. The molecule has 0 atom stereocenters. The number of rotatable bonds is 7. The van der Waals surface area contributed by atoms with E-state index in [0.717, 1.165) is 43.8 Å². The topological polar surface area (TPSA) is 60.0 Å². The summed E-state index contributed by atoms with van der Waals surface area (Å²) >= 11 is 0. The summed E-state index contributed by atoms with van der Waals surface area (Å²) in [6, 6.07) is 9.85. The highest BCUT2D eigenvalue weighted by molar-refractivity contribution is 6.05. The molecule has 2 aliphatic rings. The SMILES string of the molecule is CCOc1cc(N2CCOCC2)c(OCC)cc1NC(=O)c1ccc2c(c1)CCC2. The Kier molecular flexibility index (Phi) is 6.43. The van der Waals surface area contributed by atoms with Crippen LogP contribution in [0.3, 0.4) is 0 Å². The number of benzene rings is 2. The van der Waals surface area contributed by atoms with Crippen molar-refractivity contribution in [1.29, 1.82) is 0 Å². The van der Waals surface area contributed by atoms with Gasteiger partial charge in [0.25, 0.3) is 5.91 Å². The van der Waals surface area contributed by atoms with Crippen molar-refractivity contribution in [1.82, 2.24) is 0 Å². The zero-order chi connectivity index (χ0) is 20.9. The van der Waals surface area contributed by atoms with Gasteiger partial charge in [-0.2, -0.15) is 0 Å². The molecule has 160 valence electrons. The average molecular weight is 411 g/mol. The van der Waals surface area contributed by atoms with Gasteiger partial charge in [-0.05, 0) is 56.4 Å². The molecule has 30 heavy (non-hydrogen) atoms. The molecule has 0 aromatic heterocycles. The number of fused-ring (bicyclic) bond motifs is 1. The number of carbonyl (C=O) groups is 1. The molecule has 1 fully saturated rings. The Morgan fingerprint density at radius 1 is 1.00 bits per heavy atom. The van der Waals surface area contributed by atoms with Crippen LogP contribution in [-0.2, 0) is 17.6 Å². The molecule has 2 aromatic carbocycles. The zero-order valence-electron chi connectivity index (χ0n) is 17.8. The van der Waals surface area contributed by atoms with E-state index in [1.54, 1.807) is 0 Å². The predicted octanol–water partition coefficient (Wildman–Crippen LogP) is 4.06. The lowest BCUT2D eigenvalue weighted by molar-refractivity contribution is 0.102. The van der Waals surface area contributed by atoms with Gasteiger partial charge in [0, 0.05) is 30.8 Å². The monoisotopic (exact) mass is 410 g/mol. The summed E-state index contributed by atoms with van der Waals surface area (Å²) in [6.45, 7) is 7.93. The third-order valence-electron chi connectivity index (χ3n) is 5.62. The van der Waals surface area contributed by atoms with Crippen LogP contribution in [0.25, 0.3) is 0 Å². The van der Waals surface area contributed by atoms with Crippen molar-refractivity contribution in [3.8, 4) is 11.5 Å². The minimum atomic E-state index is -0.132. The summed E-state index contributed by atoms with van der Waals surface area (Å²) in [6.07, 6.45) is 3.31. The quantitative estimate of drug-likeness (QED) is 0.746. The highest BCUT2D eigenvalue weighted by atomic mass is 16.5. The van der Waals surface area contributed by atoms with Crippen LogP contribution in [0, 0.1) is 0 Å². The first-order valence-corrected chi connectivity index (χ1v) is 10.9. The number of hydrogen-bond acceptors (Lipinski definition) is 5. The molecule has 2 aromatic rings. The van der Waals surface area contributed by atoms with Crippen LogP contribution < -0.4 is 19.7 Å². The lowest BCUT2D eigenvalue weighted by Crippen LogP contribution is -2.36. The van der Waals surface area contributed by atoms with Gasteiger partial charge in [0.15, 0.2) is 0 Å². The molecule has 0 unspecified atom stereocenters. The number of hydrogen-bond donors (Lipinski definition) is 1. The number of aryl methyl sites for hydroxylation is 2. The Morgan fingerprint density at radius 2 is 1.73 bits per heavy atom. The van der Waals surface area contributed by atoms with E-state index >= 15 is 0 Å². The van der Waals surface area contributed by atoms with Crippen molar-refractivity contribution in [2.45, 2.75) is 33.1 Å². The predicted molar refractivity (Wildman–Crippen MR) is 118 cm³/mol. The van der Waals surface area contributed by atoms with E-state index in [1.165, 1.54) is 11.1 Å². The first-order chi connectivity index (χ1) is 14.7. The van der Waals surface area contributed by atoms with Crippen molar-refractivity contribution >= 4 is 17.3 Å². The molecule has 1 N–H and O–H groups in total. The summed E-state index contributed by atoms with van der Waals surface area (Å²) in [5, 5.41) is 3.04. The molecule has 6 nitrogen and oxygen atoms in total. The summed E-state index contributed by atoms with van der Waals surface area (Å²) in [4.78, 5) is 15.2. The minimum absolute atomic E-state index is 0.132. The Balaban J connectivity index is 1.63. The number of carbonyl (C=O) groups excluding carboxylic acids is 1. The molecular weight excluding hydrogens is 380 g/mol. The highest BCUT2D eigenvalue weighted by Gasteiger charge is 2.21. The first kappa shape index (κ1) is 20.5. The number of nitrogens with zero attached hydrogens (tertiary/aromatic N) is 1. The molecule has 6 heteroatoms. The van der Waals surface area contributed by atoms with Crippen molar-refractivity contribution < 1.29 is 19.0 Å². The van der Waals surface area contributed by atoms with Gasteiger partial charge in [-0.1, -0.05) is 6.07 Å². The van der Waals surface area contributed by atoms with Gasteiger partial charge >= 0.3 is 0 Å². The normalized spacial score (nSPS) is 15.6. The molecule has 1 aliphatic heterocycles. The minimum Gasteiger partial charge on any atom is -0.492 e. The third kappa shape index (κ3) is 4.38. The Hall–Kier alpha value is -2.73. The average Bonchev–Trinajstić information content (AvgIpc) is 3.24. The summed E-state index contributed by atoms with van der Waals surface area (Å²) < 4.78 is 17.3. The first-order valence-electron chi connectivity index (χ1n) is 10.9. The Bertz CT molecular complexity index is 906. The summed E-state index contributed by atoms with van der Waals surface area (Å²) in [5.41, 5.74) is 4.91. The van der Waals surface area contributed by atoms with Gasteiger partial charge in [-0.15, -0.1) is 0 Å². The van der Waals surface area contributed by atoms with E-state index in [0.29, 0.717) is 43.4 Å². The lowest BCUT2D eigenvalue weighted by Gasteiger charge is -2.31. The van der Waals surface area contributed by atoms with Gasteiger partial charge < -0.3 is 24.4 Å². The van der Waals surface area contributed by atoms with Gasteiger partial charge in [-0.3, -0.25) is 4.79 Å². The van der Waals surface area contributed by atoms with Crippen LogP contribution >= 0.6 is 0 Å². The second-order valence-electron chi connectivity index (χ2n) is 7.57. The number of nitrogens with one attached hydrogen (secondary N) is 1. The van der Waals surface area contributed by atoms with Crippen LogP contribution in [-0.4, -0.2) is 45.4 Å². The number of morpholine rings is 1. The van der Waals surface area contributed by atoms with Gasteiger partial charge in [0.2, 0.25) is 0 Å². The molecule has 0 radical (unpaired) electrons. The maximum absolute atomic E-state index is 13.0. The fourth-order valence-electron chi connectivity index (χ4n) is 4.15. The lowest BCUT2D eigenvalue weighted by atomic mass is 10.1. The fourth-order valence-corrected chi connectivity index (χ4v) is 4.15. The highest BCUT2D eigenvalue weighted by Crippen LogP contribution is 2.39. The molecule has 4 rings (SSSR count). The molecule has 0 saturated carbocycles. The van der Waals surface area contributed by atoms with E-state index in [2.05, 4.69) is 16.3 Å². The van der Waals surface area contributed by atoms with Crippen LogP contribution in [0.4, 0.5) is 11.4 Å². The number of anilines is 2. The molecule has 1 saturated heterocycles. The Morgan fingerprint density at radius 3 is 2.50 bits per heavy atom. The van der Waals surface area contributed by atoms with Crippen LogP contribution in [0.15, 0.2) is 30.3 Å². The van der Waals surface area contributed by atoms with Gasteiger partial charge in [0.05, 0.1) is 37.8 Å². The molecule has 0 bridgehead atoms. The molecule has 1 amide bonds. The maximum Gasteiger partial charge on any atom is 0.255 e. The van der Waals surface area contributed by atoms with E-state index in [-0.39, 0.29) is 5.91 Å². The van der Waals surface area contributed by atoms with E-state index in [9.17, 15) is 4.79 Å². The number of amides is 1. The largest absolute Gasteiger partial charge is 0.492 e. The molecular formula is C24H30N2O4. The van der Waals surface area contributed by atoms with Crippen molar-refractivity contribution in [2.75, 3.05) is 49.7 Å². The molecule has 1 aliphatic carbocycles. The number of ether oxygens (including phenoxy) is 3. The standard InChI is InChI=1S/C24H30N2O4/c1-3-29-22-16-21(26-10-12-28-13-11-26)23(30-4-2)15-20(22)25-24(27)19-9-8-17-6-5-7-18(17)14-19/h8-9,14-16H,3-7,10-13H2,1-2H3,(H,25,27). The van der Waals surface area contributed by atoms with Crippen LogP contribution in [0.2, 0.25) is 0 Å². The van der Waals surface area contributed by atoms with Gasteiger partial charge in [-0.25, -0.2) is 0 Å². The van der Waals surface area contributed by atoms with Crippen molar-refractivity contribution in [3.63, 3.8) is 0 Å².